The lowest BCUT2D eigenvalue weighted by molar-refractivity contribution is -0.123. The van der Waals surface area contributed by atoms with Crippen molar-refractivity contribution in [3.05, 3.63) is 76.6 Å². The van der Waals surface area contributed by atoms with Crippen LogP contribution in [0.3, 0.4) is 0 Å². The molecule has 29 heavy (non-hydrogen) atoms. The quantitative estimate of drug-likeness (QED) is 0.687. The van der Waals surface area contributed by atoms with E-state index >= 15 is 0 Å². The molecule has 1 saturated heterocycles. The molecule has 1 aromatic heterocycles. The number of benzene rings is 2. The van der Waals surface area contributed by atoms with Gasteiger partial charge in [-0.25, -0.2) is 0 Å². The summed E-state index contributed by atoms with van der Waals surface area (Å²) in [6.45, 7) is 3.69. The van der Waals surface area contributed by atoms with E-state index in [0.717, 1.165) is 19.6 Å². The van der Waals surface area contributed by atoms with Crippen LogP contribution in [0.1, 0.15) is 5.56 Å². The average Bonchev–Trinajstić information content (AvgIpc) is 2.75. The summed E-state index contributed by atoms with van der Waals surface area (Å²) in [6, 6.07) is 17.5. The maximum Gasteiger partial charge on any atom is 0.241 e. The van der Waals surface area contributed by atoms with Crippen molar-refractivity contribution in [3.8, 4) is 0 Å². The van der Waals surface area contributed by atoms with Gasteiger partial charge in [0.15, 0.2) is 0 Å². The largest absolute Gasteiger partial charge is 0.374 e. The minimum atomic E-state index is -0.157. The topological polar surface area (TPSA) is 76.5 Å². The van der Waals surface area contributed by atoms with Crippen molar-refractivity contribution >= 4 is 16.8 Å². The molecule has 1 aliphatic heterocycles. The zero-order chi connectivity index (χ0) is 20.1. The summed E-state index contributed by atoms with van der Waals surface area (Å²) in [5.41, 5.74) is 1.78. The van der Waals surface area contributed by atoms with Gasteiger partial charge in [0.25, 0.3) is 0 Å². The number of carbonyl (C=O) groups excluding carboxylic acids is 1. The summed E-state index contributed by atoms with van der Waals surface area (Å²) < 4.78 is 7.36. The zero-order valence-corrected chi connectivity index (χ0v) is 16.2. The van der Waals surface area contributed by atoms with Gasteiger partial charge in [-0.1, -0.05) is 42.5 Å². The standard InChI is InChI=1S/C22H24N4O3/c27-21-13-24-26(20-9-5-4-8-19(20)21)16-22(28)23-12-18-15-25(10-11-29-18)14-17-6-2-1-3-7-17/h1-9,13,18H,10-12,14-16H2,(H,23,28). The summed E-state index contributed by atoms with van der Waals surface area (Å²) >= 11 is 0. The normalized spacial score (nSPS) is 17.3. The van der Waals surface area contributed by atoms with Crippen molar-refractivity contribution in [3.63, 3.8) is 0 Å². The molecule has 1 fully saturated rings. The first-order valence-electron chi connectivity index (χ1n) is 9.78. The third-order valence-corrected chi connectivity index (χ3v) is 5.05. The highest BCUT2D eigenvalue weighted by Gasteiger charge is 2.21. The molecule has 0 bridgehead atoms. The summed E-state index contributed by atoms with van der Waals surface area (Å²) in [5, 5.41) is 7.60. The van der Waals surface area contributed by atoms with Gasteiger partial charge in [0, 0.05) is 31.6 Å². The lowest BCUT2D eigenvalue weighted by Crippen LogP contribution is -2.47. The number of rotatable bonds is 6. The number of amides is 1. The minimum absolute atomic E-state index is 0.0462. The number of carbonyl (C=O) groups is 1. The van der Waals surface area contributed by atoms with Gasteiger partial charge in [0.1, 0.15) is 6.54 Å². The Hall–Kier alpha value is -3.03. The summed E-state index contributed by atoms with van der Waals surface area (Å²) in [5.74, 6) is -0.157. The van der Waals surface area contributed by atoms with E-state index in [-0.39, 0.29) is 24.0 Å². The van der Waals surface area contributed by atoms with Gasteiger partial charge in [0.2, 0.25) is 11.3 Å². The maximum absolute atomic E-state index is 12.4. The molecule has 2 aromatic carbocycles. The van der Waals surface area contributed by atoms with Crippen LogP contribution >= 0.6 is 0 Å². The summed E-state index contributed by atoms with van der Waals surface area (Å²) in [7, 11) is 0. The molecule has 1 amide bonds. The smallest absolute Gasteiger partial charge is 0.241 e. The molecule has 3 aromatic rings. The number of fused-ring (bicyclic) bond motifs is 1. The van der Waals surface area contributed by atoms with Gasteiger partial charge >= 0.3 is 0 Å². The lowest BCUT2D eigenvalue weighted by Gasteiger charge is -2.33. The van der Waals surface area contributed by atoms with E-state index in [1.807, 2.05) is 24.3 Å². The predicted octanol–water partition coefficient (Wildman–Crippen LogP) is 1.41. The highest BCUT2D eigenvalue weighted by atomic mass is 16.5. The van der Waals surface area contributed by atoms with Crippen LogP contribution in [0, 0.1) is 0 Å². The SMILES string of the molecule is O=C(Cn1ncc(=O)c2ccccc21)NCC1CN(Cc2ccccc2)CCO1. The molecule has 0 saturated carbocycles. The fraction of sp³-hybridized carbons (Fsp3) is 0.318. The molecule has 1 atom stereocenters. The van der Waals surface area contributed by atoms with Crippen LogP contribution in [0.4, 0.5) is 0 Å². The summed E-state index contributed by atoms with van der Waals surface area (Å²) in [6.07, 6.45) is 1.21. The van der Waals surface area contributed by atoms with Crippen LogP contribution in [-0.4, -0.2) is 52.9 Å². The van der Waals surface area contributed by atoms with Crippen molar-refractivity contribution < 1.29 is 9.53 Å². The second-order valence-electron chi connectivity index (χ2n) is 7.20. The monoisotopic (exact) mass is 392 g/mol. The van der Waals surface area contributed by atoms with Gasteiger partial charge in [-0.2, -0.15) is 5.10 Å². The third-order valence-electron chi connectivity index (χ3n) is 5.05. The second-order valence-corrected chi connectivity index (χ2v) is 7.20. The highest BCUT2D eigenvalue weighted by molar-refractivity contribution is 5.81. The van der Waals surface area contributed by atoms with Crippen molar-refractivity contribution in [1.29, 1.82) is 0 Å². The number of morpholine rings is 1. The Morgan fingerprint density at radius 3 is 2.79 bits per heavy atom. The molecule has 1 aliphatic rings. The molecule has 1 N–H and O–H groups in total. The Morgan fingerprint density at radius 1 is 1.14 bits per heavy atom. The Bertz CT molecular complexity index is 1030. The van der Waals surface area contributed by atoms with E-state index in [9.17, 15) is 9.59 Å². The number of hydrogen-bond donors (Lipinski definition) is 1. The van der Waals surface area contributed by atoms with Gasteiger partial charge in [0.05, 0.1) is 24.4 Å². The zero-order valence-electron chi connectivity index (χ0n) is 16.2. The average molecular weight is 392 g/mol. The van der Waals surface area contributed by atoms with E-state index in [0.29, 0.717) is 24.1 Å². The van der Waals surface area contributed by atoms with Crippen molar-refractivity contribution in [1.82, 2.24) is 20.0 Å². The lowest BCUT2D eigenvalue weighted by atomic mass is 10.2. The van der Waals surface area contributed by atoms with E-state index in [2.05, 4.69) is 27.4 Å². The van der Waals surface area contributed by atoms with E-state index < -0.39 is 0 Å². The van der Waals surface area contributed by atoms with E-state index in [4.69, 9.17) is 4.74 Å². The van der Waals surface area contributed by atoms with Crippen molar-refractivity contribution in [2.45, 2.75) is 19.2 Å². The van der Waals surface area contributed by atoms with Crippen LogP contribution in [0.25, 0.3) is 10.9 Å². The number of ether oxygens (including phenoxy) is 1. The van der Waals surface area contributed by atoms with Gasteiger partial charge in [-0.15, -0.1) is 0 Å². The minimum Gasteiger partial charge on any atom is -0.374 e. The molecule has 7 nitrogen and oxygen atoms in total. The fourth-order valence-corrected chi connectivity index (χ4v) is 3.60. The fourth-order valence-electron chi connectivity index (χ4n) is 3.60. The van der Waals surface area contributed by atoms with Crippen LogP contribution in [0.15, 0.2) is 65.6 Å². The van der Waals surface area contributed by atoms with Crippen LogP contribution in [0.2, 0.25) is 0 Å². The van der Waals surface area contributed by atoms with E-state index in [1.54, 1.807) is 22.9 Å². The Morgan fingerprint density at radius 2 is 1.93 bits per heavy atom. The third kappa shape index (κ3) is 4.88. The molecule has 150 valence electrons. The molecule has 1 unspecified atom stereocenters. The highest BCUT2D eigenvalue weighted by Crippen LogP contribution is 2.10. The Kier molecular flexibility index (Phi) is 5.97. The van der Waals surface area contributed by atoms with Crippen LogP contribution in [0.5, 0.6) is 0 Å². The van der Waals surface area contributed by atoms with Crippen molar-refractivity contribution in [2.24, 2.45) is 0 Å². The van der Waals surface area contributed by atoms with Gasteiger partial charge in [-0.05, 0) is 17.7 Å². The molecule has 2 heterocycles. The molecule has 0 spiro atoms. The first-order chi connectivity index (χ1) is 14.2. The number of nitrogens with zero attached hydrogens (tertiary/aromatic N) is 3. The number of hydrogen-bond acceptors (Lipinski definition) is 5. The Balaban J connectivity index is 1.32. The molecular weight excluding hydrogens is 368 g/mol. The van der Waals surface area contributed by atoms with Crippen LogP contribution < -0.4 is 10.7 Å². The molecule has 7 heteroatoms. The maximum atomic E-state index is 12.4. The number of aromatic nitrogens is 2. The first kappa shape index (κ1) is 19.3. The number of para-hydroxylation sites is 1. The van der Waals surface area contributed by atoms with Gasteiger partial charge < -0.3 is 10.1 Å². The van der Waals surface area contributed by atoms with E-state index in [1.165, 1.54) is 11.8 Å². The van der Waals surface area contributed by atoms with Crippen molar-refractivity contribution in [2.75, 3.05) is 26.2 Å². The molecule has 0 aliphatic carbocycles. The second kappa shape index (κ2) is 8.98. The van der Waals surface area contributed by atoms with Crippen LogP contribution in [-0.2, 0) is 22.6 Å². The molecule has 4 rings (SSSR count). The van der Waals surface area contributed by atoms with Gasteiger partial charge in [-0.3, -0.25) is 19.2 Å². The summed E-state index contributed by atoms with van der Waals surface area (Å²) in [4.78, 5) is 26.7. The molecule has 0 radical (unpaired) electrons. The predicted molar refractivity (Wildman–Crippen MR) is 110 cm³/mol. The Labute approximate surface area is 168 Å². The first-order valence-corrected chi connectivity index (χ1v) is 9.78. The molecular formula is C22H24N4O3. The number of nitrogens with one attached hydrogen (secondary N) is 1.